The van der Waals surface area contributed by atoms with Gasteiger partial charge >= 0.3 is 0 Å². The van der Waals surface area contributed by atoms with Gasteiger partial charge in [0.15, 0.2) is 0 Å². The molecule has 1 unspecified atom stereocenters. The number of fused-ring (bicyclic) bond motifs is 2. The summed E-state index contributed by atoms with van der Waals surface area (Å²) in [5.74, 6) is -1.93. The Kier molecular flexibility index (Phi) is 14.1. The summed E-state index contributed by atoms with van der Waals surface area (Å²) >= 11 is 0. The van der Waals surface area contributed by atoms with E-state index in [0.29, 0.717) is 37.7 Å². The number of benzene rings is 2. The maximum absolute atomic E-state index is 13.3. The molecule has 2 saturated heterocycles. The third-order valence-corrected chi connectivity index (χ3v) is 11.6. The van der Waals surface area contributed by atoms with Gasteiger partial charge in [0.1, 0.15) is 23.9 Å². The minimum Gasteiger partial charge on any atom is -0.390 e. The number of anilines is 2. The molecule has 17 heteroatoms. The fourth-order valence-electron chi connectivity index (χ4n) is 8.35. The van der Waals surface area contributed by atoms with Crippen molar-refractivity contribution in [3.63, 3.8) is 0 Å². The second-order valence-electron chi connectivity index (χ2n) is 16.0. The third-order valence-electron chi connectivity index (χ3n) is 11.6. The SMILES string of the molecule is O=C(CN1CCC(Nc2cc(C(=O)NC[C@H](O)CN3CCc4ccccc4C3)ncn2)CC1)NCCCCCCNc1cccc2c1C(=O)N(C1CCC(=O)NC1=O)C2=O. The smallest absolute Gasteiger partial charge is 0.270 e. The van der Waals surface area contributed by atoms with E-state index in [2.05, 4.69) is 64.6 Å². The Bertz CT molecular complexity index is 2070. The van der Waals surface area contributed by atoms with Crippen molar-refractivity contribution in [2.45, 2.75) is 82.5 Å². The zero-order chi connectivity index (χ0) is 42.0. The summed E-state index contributed by atoms with van der Waals surface area (Å²) in [5, 5.41) is 25.3. The zero-order valence-corrected chi connectivity index (χ0v) is 33.8. The van der Waals surface area contributed by atoms with Crippen molar-refractivity contribution in [1.82, 2.24) is 40.6 Å². The van der Waals surface area contributed by atoms with E-state index in [1.165, 1.54) is 17.5 Å². The monoisotopic (exact) mass is 822 g/mol. The number of aliphatic hydroxyl groups excluding tert-OH is 1. The van der Waals surface area contributed by atoms with E-state index in [-0.39, 0.29) is 54.1 Å². The lowest BCUT2D eigenvalue weighted by atomic mass is 10.00. The van der Waals surface area contributed by atoms with E-state index in [9.17, 15) is 33.9 Å². The number of nitrogens with one attached hydrogen (secondary N) is 5. The first kappa shape index (κ1) is 42.3. The van der Waals surface area contributed by atoms with Crippen molar-refractivity contribution < 1.29 is 33.9 Å². The number of hydrogen-bond acceptors (Lipinski definition) is 13. The fraction of sp³-hybridized carbons (Fsp3) is 0.488. The van der Waals surface area contributed by atoms with E-state index >= 15 is 0 Å². The number of rotatable bonds is 18. The number of amides is 6. The molecule has 0 spiro atoms. The Morgan fingerprint density at radius 2 is 1.62 bits per heavy atom. The highest BCUT2D eigenvalue weighted by Crippen LogP contribution is 2.32. The average molecular weight is 823 g/mol. The number of carbonyl (C=O) groups excluding carboxylic acids is 6. The van der Waals surface area contributed by atoms with E-state index < -0.39 is 35.8 Å². The highest BCUT2D eigenvalue weighted by Gasteiger charge is 2.45. The number of β-amino-alcohol motifs (C(OH)–C–C–N with tert-alkyl or cyclic N) is 1. The highest BCUT2D eigenvalue weighted by atomic mass is 16.3. The molecular weight excluding hydrogens is 769 g/mol. The fourth-order valence-corrected chi connectivity index (χ4v) is 8.35. The standard InChI is InChI=1S/C43H54N10O7/c54-31(25-52-19-14-28-8-3-4-9-29(28)24-52)23-46-40(57)34-22-36(48-27-47-34)49-30-15-20-51(21-16-30)26-38(56)45-18-6-2-1-5-17-44-33-11-7-10-32-39(33)43(60)53(42(32)59)35-12-13-37(55)50-41(35)58/h3-4,7-11,22,27,30-31,35,44,54H,1-2,5-6,12-21,23-26H2,(H,45,56)(H,46,57)(H,47,48,49)(H,50,55,58)/t31-,35?/m0/s1. The number of imide groups is 2. The third kappa shape index (κ3) is 10.7. The summed E-state index contributed by atoms with van der Waals surface area (Å²) < 4.78 is 0. The van der Waals surface area contributed by atoms with Crippen LogP contribution in [0, 0.1) is 0 Å². The molecule has 6 N–H and O–H groups in total. The first-order chi connectivity index (χ1) is 29.1. The van der Waals surface area contributed by atoms with Gasteiger partial charge in [-0.15, -0.1) is 0 Å². The Hall–Kier alpha value is -5.78. The number of nitrogens with zero attached hydrogens (tertiary/aromatic N) is 5. The predicted molar refractivity (Wildman–Crippen MR) is 222 cm³/mol. The van der Waals surface area contributed by atoms with Crippen molar-refractivity contribution in [2.24, 2.45) is 0 Å². The normalized spacial score (nSPS) is 19.0. The van der Waals surface area contributed by atoms with Gasteiger partial charge in [-0.25, -0.2) is 9.97 Å². The predicted octanol–water partition coefficient (Wildman–Crippen LogP) is 1.69. The van der Waals surface area contributed by atoms with Gasteiger partial charge in [-0.1, -0.05) is 43.2 Å². The summed E-state index contributed by atoms with van der Waals surface area (Å²) in [7, 11) is 0. The second-order valence-corrected chi connectivity index (χ2v) is 16.0. The van der Waals surface area contributed by atoms with Gasteiger partial charge in [-0.2, -0.15) is 0 Å². The number of unbranched alkanes of at least 4 members (excludes halogenated alkanes) is 3. The van der Waals surface area contributed by atoms with Gasteiger partial charge in [-0.05, 0) is 61.8 Å². The highest BCUT2D eigenvalue weighted by molar-refractivity contribution is 6.25. The topological polar surface area (TPSA) is 218 Å². The lowest BCUT2D eigenvalue weighted by Gasteiger charge is -2.32. The van der Waals surface area contributed by atoms with E-state index in [1.807, 2.05) is 6.07 Å². The molecule has 7 rings (SSSR count). The van der Waals surface area contributed by atoms with Crippen LogP contribution in [0.1, 0.15) is 93.7 Å². The van der Waals surface area contributed by atoms with Crippen LogP contribution in [0.4, 0.5) is 11.5 Å². The van der Waals surface area contributed by atoms with Crippen LogP contribution in [-0.4, -0.2) is 136 Å². The van der Waals surface area contributed by atoms with Crippen molar-refractivity contribution in [1.29, 1.82) is 0 Å². The summed E-state index contributed by atoms with van der Waals surface area (Å²) in [6, 6.07) is 14.1. The molecule has 0 aliphatic carbocycles. The van der Waals surface area contributed by atoms with Crippen LogP contribution in [0.3, 0.4) is 0 Å². The molecule has 3 aromatic rings. The van der Waals surface area contributed by atoms with Gasteiger partial charge in [-0.3, -0.25) is 48.8 Å². The maximum atomic E-state index is 13.3. The van der Waals surface area contributed by atoms with Crippen molar-refractivity contribution in [3.05, 3.63) is 82.8 Å². The lowest BCUT2D eigenvalue weighted by molar-refractivity contribution is -0.136. The second kappa shape index (κ2) is 20.0. The molecule has 4 aliphatic heterocycles. The Morgan fingerprint density at radius 3 is 2.42 bits per heavy atom. The molecule has 0 bridgehead atoms. The minimum absolute atomic E-state index is 0.00981. The maximum Gasteiger partial charge on any atom is 0.270 e. The zero-order valence-electron chi connectivity index (χ0n) is 33.8. The molecule has 60 heavy (non-hydrogen) atoms. The molecule has 5 heterocycles. The van der Waals surface area contributed by atoms with Crippen LogP contribution in [0.25, 0.3) is 0 Å². The number of aliphatic hydroxyl groups is 1. The molecule has 0 saturated carbocycles. The van der Waals surface area contributed by atoms with Crippen molar-refractivity contribution in [3.8, 4) is 0 Å². The molecular formula is C43H54N10O7. The van der Waals surface area contributed by atoms with Crippen LogP contribution in [0.15, 0.2) is 54.9 Å². The van der Waals surface area contributed by atoms with E-state index in [4.69, 9.17) is 0 Å². The number of likely N-dealkylation sites (tertiary alicyclic amines) is 1. The number of aromatic nitrogens is 2. The quantitative estimate of drug-likeness (QED) is 0.0797. The molecule has 17 nitrogen and oxygen atoms in total. The summed E-state index contributed by atoms with van der Waals surface area (Å²) in [6.45, 7) is 5.24. The lowest BCUT2D eigenvalue weighted by Crippen LogP contribution is -2.54. The van der Waals surface area contributed by atoms with Crippen LogP contribution >= 0.6 is 0 Å². The Balaban J connectivity index is 0.734. The average Bonchev–Trinajstić information content (AvgIpc) is 3.50. The Labute approximate surface area is 349 Å². The number of piperidine rings is 2. The molecule has 4 aliphatic rings. The van der Waals surface area contributed by atoms with E-state index in [1.54, 1.807) is 24.3 Å². The first-order valence-corrected chi connectivity index (χ1v) is 21.0. The number of carbonyl (C=O) groups is 6. The summed E-state index contributed by atoms with van der Waals surface area (Å²) in [5.41, 5.74) is 3.89. The molecule has 2 fully saturated rings. The minimum atomic E-state index is -1.00. The van der Waals surface area contributed by atoms with Gasteiger partial charge in [0.25, 0.3) is 17.7 Å². The van der Waals surface area contributed by atoms with Crippen LogP contribution in [-0.2, 0) is 27.3 Å². The largest absolute Gasteiger partial charge is 0.390 e. The summed E-state index contributed by atoms with van der Waals surface area (Å²) in [4.78, 5) is 89.6. The van der Waals surface area contributed by atoms with E-state index in [0.717, 1.165) is 76.0 Å². The van der Waals surface area contributed by atoms with Crippen molar-refractivity contribution >= 4 is 46.9 Å². The molecule has 2 aromatic carbocycles. The van der Waals surface area contributed by atoms with Gasteiger partial charge in [0.05, 0.1) is 23.8 Å². The van der Waals surface area contributed by atoms with Gasteiger partial charge in [0, 0.05) is 76.6 Å². The molecule has 318 valence electrons. The molecule has 1 aromatic heterocycles. The first-order valence-electron chi connectivity index (χ1n) is 21.0. The van der Waals surface area contributed by atoms with Crippen LogP contribution in [0.5, 0.6) is 0 Å². The van der Waals surface area contributed by atoms with Crippen LogP contribution < -0.4 is 26.6 Å². The van der Waals surface area contributed by atoms with Crippen LogP contribution in [0.2, 0.25) is 0 Å². The number of hydrogen-bond donors (Lipinski definition) is 6. The Morgan fingerprint density at radius 1 is 0.833 bits per heavy atom. The molecule has 2 atom stereocenters. The molecule has 6 amide bonds. The molecule has 0 radical (unpaired) electrons. The van der Waals surface area contributed by atoms with Crippen molar-refractivity contribution in [2.75, 3.05) is 63.0 Å². The van der Waals surface area contributed by atoms with Gasteiger partial charge in [0.2, 0.25) is 17.7 Å². The van der Waals surface area contributed by atoms with Gasteiger partial charge < -0.3 is 26.4 Å². The summed E-state index contributed by atoms with van der Waals surface area (Å²) in [6.07, 6.45) is 6.88.